The number of nitrogens with one attached hydrogen (secondary N) is 1. The molecule has 0 aliphatic carbocycles. The van der Waals surface area contributed by atoms with Gasteiger partial charge in [-0.15, -0.1) is 12.4 Å². The molecule has 1 rings (SSSR count). The molecule has 1 unspecified atom stereocenters. The third-order valence-electron chi connectivity index (χ3n) is 3.50. The number of nitrogens with two attached hydrogens (primary N) is 1. The molecule has 0 aromatic heterocycles. The Balaban J connectivity index is 0.00000400. The van der Waals surface area contributed by atoms with Crippen LogP contribution in [0.25, 0.3) is 0 Å². The van der Waals surface area contributed by atoms with Gasteiger partial charge < -0.3 is 15.8 Å². The van der Waals surface area contributed by atoms with E-state index in [9.17, 15) is 4.79 Å². The molecule has 4 nitrogen and oxygen atoms in total. The van der Waals surface area contributed by atoms with E-state index in [1.54, 1.807) is 6.92 Å². The van der Waals surface area contributed by atoms with E-state index >= 15 is 0 Å². The largest absolute Gasteiger partial charge is 0.481 e. The molecular weight excluding hydrogens is 356 g/mol. The van der Waals surface area contributed by atoms with Crippen molar-refractivity contribution in [1.29, 1.82) is 0 Å². The third kappa shape index (κ3) is 6.68. The lowest BCUT2D eigenvalue weighted by Crippen LogP contribution is -2.51. The van der Waals surface area contributed by atoms with E-state index in [2.05, 4.69) is 21.2 Å². The monoisotopic (exact) mass is 378 g/mol. The molecule has 6 heteroatoms. The standard InChI is InChI=1S/C15H23BrN2O2.ClH/c1-4-15(17,5-2)10-18-14(19)11(3)20-13-8-6-7-12(16)9-13;/h6-9,11H,4-5,10,17H2,1-3H3,(H,18,19);1H. The Morgan fingerprint density at radius 1 is 1.43 bits per heavy atom. The first-order valence-electron chi connectivity index (χ1n) is 6.89. The molecule has 0 aliphatic heterocycles. The molecule has 0 fully saturated rings. The fourth-order valence-electron chi connectivity index (χ4n) is 1.70. The fraction of sp³-hybridized carbons (Fsp3) is 0.533. The molecule has 0 heterocycles. The SMILES string of the molecule is CCC(N)(CC)CNC(=O)C(C)Oc1cccc(Br)c1.Cl. The van der Waals surface area contributed by atoms with Crippen LogP contribution < -0.4 is 15.8 Å². The molecule has 0 saturated carbocycles. The Labute approximate surface area is 141 Å². The van der Waals surface area contributed by atoms with Gasteiger partial charge in [0, 0.05) is 16.6 Å². The highest BCUT2D eigenvalue weighted by molar-refractivity contribution is 9.10. The van der Waals surface area contributed by atoms with Crippen molar-refractivity contribution in [1.82, 2.24) is 5.32 Å². The van der Waals surface area contributed by atoms with Crippen LogP contribution in [0.15, 0.2) is 28.7 Å². The molecule has 1 atom stereocenters. The molecule has 1 amide bonds. The molecule has 120 valence electrons. The molecule has 0 bridgehead atoms. The lowest BCUT2D eigenvalue weighted by atomic mass is 9.94. The van der Waals surface area contributed by atoms with Gasteiger partial charge in [0.05, 0.1) is 0 Å². The minimum absolute atomic E-state index is 0. The number of ether oxygens (including phenoxy) is 1. The number of carbonyl (C=O) groups excluding carboxylic acids is 1. The highest BCUT2D eigenvalue weighted by Gasteiger charge is 2.23. The Hall–Kier alpha value is -0.780. The van der Waals surface area contributed by atoms with Crippen molar-refractivity contribution in [3.63, 3.8) is 0 Å². The zero-order valence-electron chi connectivity index (χ0n) is 12.7. The Morgan fingerprint density at radius 3 is 2.57 bits per heavy atom. The van der Waals surface area contributed by atoms with E-state index < -0.39 is 6.10 Å². The first-order chi connectivity index (χ1) is 9.40. The van der Waals surface area contributed by atoms with Crippen LogP contribution in [0.1, 0.15) is 33.6 Å². The van der Waals surface area contributed by atoms with Crippen molar-refractivity contribution in [3.8, 4) is 5.75 Å². The summed E-state index contributed by atoms with van der Waals surface area (Å²) in [4.78, 5) is 12.0. The summed E-state index contributed by atoms with van der Waals surface area (Å²) >= 11 is 3.37. The lowest BCUT2D eigenvalue weighted by molar-refractivity contribution is -0.127. The van der Waals surface area contributed by atoms with Gasteiger partial charge >= 0.3 is 0 Å². The summed E-state index contributed by atoms with van der Waals surface area (Å²) < 4.78 is 6.52. The van der Waals surface area contributed by atoms with Gasteiger partial charge in [0.25, 0.3) is 5.91 Å². The highest BCUT2D eigenvalue weighted by Crippen LogP contribution is 2.19. The molecule has 0 saturated heterocycles. The zero-order chi connectivity index (χ0) is 15.2. The quantitative estimate of drug-likeness (QED) is 0.764. The molecule has 1 aromatic rings. The smallest absolute Gasteiger partial charge is 0.260 e. The van der Waals surface area contributed by atoms with Gasteiger partial charge in [-0.1, -0.05) is 35.8 Å². The number of halogens is 2. The van der Waals surface area contributed by atoms with E-state index in [0.29, 0.717) is 12.3 Å². The molecule has 0 aliphatic rings. The van der Waals surface area contributed by atoms with Gasteiger partial charge in [-0.25, -0.2) is 0 Å². The average molecular weight is 380 g/mol. The van der Waals surface area contributed by atoms with Crippen LogP contribution in [-0.4, -0.2) is 24.1 Å². The Kier molecular flexibility index (Phi) is 8.94. The number of hydrogen-bond acceptors (Lipinski definition) is 3. The van der Waals surface area contributed by atoms with Crippen LogP contribution in [0.4, 0.5) is 0 Å². The second kappa shape index (κ2) is 9.28. The summed E-state index contributed by atoms with van der Waals surface area (Å²) in [5.74, 6) is 0.508. The van der Waals surface area contributed by atoms with E-state index in [4.69, 9.17) is 10.5 Å². The summed E-state index contributed by atoms with van der Waals surface area (Å²) in [6.07, 6.45) is 1.09. The van der Waals surface area contributed by atoms with Crippen LogP contribution >= 0.6 is 28.3 Å². The predicted octanol–water partition coefficient (Wildman–Crippen LogP) is 3.27. The summed E-state index contributed by atoms with van der Waals surface area (Å²) in [5.41, 5.74) is 5.81. The van der Waals surface area contributed by atoms with Gasteiger partial charge in [-0.2, -0.15) is 0 Å². The molecule has 21 heavy (non-hydrogen) atoms. The summed E-state index contributed by atoms with van der Waals surface area (Å²) in [5, 5.41) is 2.86. The lowest BCUT2D eigenvalue weighted by Gasteiger charge is -2.27. The molecule has 0 spiro atoms. The van der Waals surface area contributed by atoms with Gasteiger partial charge in [-0.3, -0.25) is 4.79 Å². The normalized spacial score (nSPS) is 12.2. The number of rotatable bonds is 7. The van der Waals surface area contributed by atoms with Crippen molar-refractivity contribution in [3.05, 3.63) is 28.7 Å². The molecular formula is C15H24BrClN2O2. The molecule has 0 radical (unpaired) electrons. The van der Waals surface area contributed by atoms with Gasteiger partial charge in [0.1, 0.15) is 5.75 Å². The number of hydrogen-bond donors (Lipinski definition) is 2. The fourth-order valence-corrected chi connectivity index (χ4v) is 2.08. The minimum atomic E-state index is -0.553. The molecule has 1 aromatic carbocycles. The Morgan fingerprint density at radius 2 is 2.05 bits per heavy atom. The van der Waals surface area contributed by atoms with Gasteiger partial charge in [-0.05, 0) is 38.0 Å². The van der Waals surface area contributed by atoms with E-state index in [1.807, 2.05) is 38.1 Å². The van der Waals surface area contributed by atoms with E-state index in [0.717, 1.165) is 17.3 Å². The van der Waals surface area contributed by atoms with Crippen molar-refractivity contribution < 1.29 is 9.53 Å². The highest BCUT2D eigenvalue weighted by atomic mass is 79.9. The third-order valence-corrected chi connectivity index (χ3v) is 3.99. The summed E-state index contributed by atoms with van der Waals surface area (Å²) in [6.45, 7) is 6.24. The summed E-state index contributed by atoms with van der Waals surface area (Å²) in [6, 6.07) is 7.42. The van der Waals surface area contributed by atoms with Crippen molar-refractivity contribution in [2.24, 2.45) is 5.73 Å². The van der Waals surface area contributed by atoms with E-state index in [-0.39, 0.29) is 23.9 Å². The van der Waals surface area contributed by atoms with Gasteiger partial charge in [0.2, 0.25) is 0 Å². The van der Waals surface area contributed by atoms with Crippen molar-refractivity contribution in [2.45, 2.75) is 45.3 Å². The van der Waals surface area contributed by atoms with Crippen molar-refractivity contribution >= 4 is 34.2 Å². The number of benzene rings is 1. The minimum Gasteiger partial charge on any atom is -0.481 e. The van der Waals surface area contributed by atoms with Crippen LogP contribution in [-0.2, 0) is 4.79 Å². The second-order valence-corrected chi connectivity index (χ2v) is 5.92. The first kappa shape index (κ1) is 20.2. The topological polar surface area (TPSA) is 64.3 Å². The van der Waals surface area contributed by atoms with Crippen LogP contribution in [0.5, 0.6) is 5.75 Å². The van der Waals surface area contributed by atoms with Gasteiger partial charge in [0.15, 0.2) is 6.10 Å². The maximum Gasteiger partial charge on any atom is 0.260 e. The number of carbonyl (C=O) groups is 1. The maximum absolute atomic E-state index is 12.0. The van der Waals surface area contributed by atoms with E-state index in [1.165, 1.54) is 0 Å². The first-order valence-corrected chi connectivity index (χ1v) is 7.68. The molecule has 3 N–H and O–H groups in total. The van der Waals surface area contributed by atoms with Crippen LogP contribution in [0.2, 0.25) is 0 Å². The maximum atomic E-state index is 12.0. The predicted molar refractivity (Wildman–Crippen MR) is 92.0 cm³/mol. The van der Waals surface area contributed by atoms with Crippen molar-refractivity contribution in [2.75, 3.05) is 6.54 Å². The second-order valence-electron chi connectivity index (χ2n) is 5.00. The number of amides is 1. The Bertz CT molecular complexity index is 453. The average Bonchev–Trinajstić information content (AvgIpc) is 2.44. The van der Waals surface area contributed by atoms with Crippen LogP contribution in [0.3, 0.4) is 0 Å². The summed E-state index contributed by atoms with van der Waals surface area (Å²) in [7, 11) is 0. The zero-order valence-corrected chi connectivity index (χ0v) is 15.1. The van der Waals surface area contributed by atoms with Crippen LogP contribution in [0, 0.1) is 0 Å².